The predicted octanol–water partition coefficient (Wildman–Crippen LogP) is 2.90. The summed E-state index contributed by atoms with van der Waals surface area (Å²) in [6, 6.07) is 3.82. The van der Waals surface area contributed by atoms with Crippen molar-refractivity contribution in [1.29, 1.82) is 0 Å². The number of nitrogens with zero attached hydrogens (tertiary/aromatic N) is 1. The molecule has 114 valence electrons. The van der Waals surface area contributed by atoms with Crippen LogP contribution >= 0.6 is 38.5 Å². The molecule has 0 aliphatic rings. The van der Waals surface area contributed by atoms with Gasteiger partial charge in [-0.3, -0.25) is 0 Å². The third-order valence-electron chi connectivity index (χ3n) is 2.19. The fraction of sp³-hybridized carbons (Fsp3) is 0.615. The van der Waals surface area contributed by atoms with Crippen LogP contribution in [0, 0.1) is 3.57 Å². The first-order chi connectivity index (χ1) is 9.74. The molecule has 0 bridgehead atoms. The van der Waals surface area contributed by atoms with Crippen molar-refractivity contribution in [2.45, 2.75) is 6.92 Å². The monoisotopic (exact) mass is 459 g/mol. The van der Waals surface area contributed by atoms with Crippen LogP contribution in [0.1, 0.15) is 6.92 Å². The molecule has 0 aliphatic carbocycles. The van der Waals surface area contributed by atoms with Crippen LogP contribution in [0.5, 0.6) is 5.88 Å². The molecule has 0 amide bonds. The first-order valence-electron chi connectivity index (χ1n) is 6.42. The molecule has 0 radical (unpaired) electrons. The van der Waals surface area contributed by atoms with Gasteiger partial charge in [0, 0.05) is 6.61 Å². The van der Waals surface area contributed by atoms with Gasteiger partial charge in [-0.15, -0.1) is 0 Å². The van der Waals surface area contributed by atoms with Gasteiger partial charge in [-0.1, -0.05) is 0 Å². The Hall–Kier alpha value is 0.0400. The summed E-state index contributed by atoms with van der Waals surface area (Å²) in [6.45, 7) is 6.03. The lowest BCUT2D eigenvalue weighted by Gasteiger charge is -2.08. The van der Waals surface area contributed by atoms with E-state index in [0.29, 0.717) is 45.5 Å². The van der Waals surface area contributed by atoms with Crippen LogP contribution in [-0.4, -0.2) is 51.2 Å². The molecule has 0 fully saturated rings. The van der Waals surface area contributed by atoms with Gasteiger partial charge in [0.1, 0.15) is 11.2 Å². The second-order valence-corrected chi connectivity index (χ2v) is 5.67. The first kappa shape index (κ1) is 18.1. The highest BCUT2D eigenvalue weighted by Gasteiger charge is 2.03. The van der Waals surface area contributed by atoms with E-state index in [0.717, 1.165) is 14.8 Å². The molecule has 1 aromatic rings. The second kappa shape index (κ2) is 11.7. The molecule has 5 nitrogen and oxygen atoms in total. The Kier molecular flexibility index (Phi) is 10.6. The van der Waals surface area contributed by atoms with Crippen LogP contribution in [0.15, 0.2) is 16.7 Å². The Labute approximate surface area is 141 Å². The maximum atomic E-state index is 5.54. The molecule has 0 unspecified atom stereocenters. The van der Waals surface area contributed by atoms with Crippen LogP contribution in [0.25, 0.3) is 0 Å². The van der Waals surface area contributed by atoms with Crippen molar-refractivity contribution in [3.63, 3.8) is 0 Å². The highest BCUT2D eigenvalue weighted by molar-refractivity contribution is 14.1. The number of aromatic nitrogens is 1. The van der Waals surface area contributed by atoms with Crippen LogP contribution in [0.4, 0.5) is 0 Å². The zero-order chi connectivity index (χ0) is 14.6. The maximum Gasteiger partial charge on any atom is 0.228 e. The van der Waals surface area contributed by atoms with E-state index in [2.05, 4.69) is 43.5 Å². The lowest BCUT2D eigenvalue weighted by molar-refractivity contribution is 0.0111. The lowest BCUT2D eigenvalue weighted by atomic mass is 10.5. The van der Waals surface area contributed by atoms with E-state index in [4.69, 9.17) is 18.9 Å². The van der Waals surface area contributed by atoms with Crippen molar-refractivity contribution >= 4 is 38.5 Å². The van der Waals surface area contributed by atoms with Gasteiger partial charge in [0.25, 0.3) is 0 Å². The van der Waals surface area contributed by atoms with Crippen LogP contribution < -0.4 is 4.74 Å². The van der Waals surface area contributed by atoms with Crippen LogP contribution in [-0.2, 0) is 14.2 Å². The average molecular weight is 460 g/mol. The predicted molar refractivity (Wildman–Crippen MR) is 88.3 cm³/mol. The van der Waals surface area contributed by atoms with E-state index >= 15 is 0 Å². The van der Waals surface area contributed by atoms with E-state index in [1.165, 1.54) is 0 Å². The van der Waals surface area contributed by atoms with Gasteiger partial charge in [-0.05, 0) is 57.6 Å². The summed E-state index contributed by atoms with van der Waals surface area (Å²) in [4.78, 5) is 4.24. The molecule has 0 aliphatic heterocycles. The lowest BCUT2D eigenvalue weighted by Crippen LogP contribution is -2.13. The molecular weight excluding hydrogens is 441 g/mol. The zero-order valence-electron chi connectivity index (χ0n) is 11.4. The molecule has 1 rings (SSSR count). The number of rotatable bonds is 11. The Balaban J connectivity index is 1.98. The van der Waals surface area contributed by atoms with Crippen molar-refractivity contribution in [1.82, 2.24) is 4.98 Å². The van der Waals surface area contributed by atoms with Gasteiger partial charge in [0.2, 0.25) is 5.88 Å². The van der Waals surface area contributed by atoms with Gasteiger partial charge in [0.05, 0.1) is 36.6 Å². The minimum Gasteiger partial charge on any atom is -0.474 e. The fourth-order valence-electron chi connectivity index (χ4n) is 1.28. The van der Waals surface area contributed by atoms with Crippen molar-refractivity contribution in [2.24, 2.45) is 0 Å². The smallest absolute Gasteiger partial charge is 0.228 e. The zero-order valence-corrected chi connectivity index (χ0v) is 15.2. The largest absolute Gasteiger partial charge is 0.474 e. The highest BCUT2D eigenvalue weighted by atomic mass is 127. The number of hydrogen-bond acceptors (Lipinski definition) is 5. The van der Waals surface area contributed by atoms with Crippen molar-refractivity contribution in [3.05, 3.63) is 20.3 Å². The SMILES string of the molecule is CCOCCOCCOCCOc1nc(Br)ccc1I. The minimum absolute atomic E-state index is 0.471. The van der Waals surface area contributed by atoms with Crippen molar-refractivity contribution in [3.8, 4) is 5.88 Å². The molecule has 0 atom stereocenters. The number of halogens is 2. The molecule has 0 N–H and O–H groups in total. The third-order valence-corrected chi connectivity index (χ3v) is 3.46. The van der Waals surface area contributed by atoms with Gasteiger partial charge in [-0.2, -0.15) is 0 Å². The molecule has 0 spiro atoms. The summed E-state index contributed by atoms with van der Waals surface area (Å²) < 4.78 is 23.2. The summed E-state index contributed by atoms with van der Waals surface area (Å²) in [6.07, 6.45) is 0. The topological polar surface area (TPSA) is 49.8 Å². The second-order valence-electron chi connectivity index (χ2n) is 3.69. The van der Waals surface area contributed by atoms with Gasteiger partial charge >= 0.3 is 0 Å². The van der Waals surface area contributed by atoms with Crippen LogP contribution in [0.2, 0.25) is 0 Å². The summed E-state index contributed by atoms with van der Waals surface area (Å²) in [5.41, 5.74) is 0. The minimum atomic E-state index is 0.471. The maximum absolute atomic E-state index is 5.54. The fourth-order valence-corrected chi connectivity index (χ4v) is 2.03. The Morgan fingerprint density at radius 1 is 1.00 bits per heavy atom. The molecule has 1 aromatic heterocycles. The summed E-state index contributed by atoms with van der Waals surface area (Å²) in [7, 11) is 0. The number of pyridine rings is 1. The highest BCUT2D eigenvalue weighted by Crippen LogP contribution is 2.20. The Bertz CT molecular complexity index is 381. The van der Waals surface area contributed by atoms with Gasteiger partial charge in [-0.25, -0.2) is 4.98 Å². The van der Waals surface area contributed by atoms with Crippen molar-refractivity contribution in [2.75, 3.05) is 46.2 Å². The quantitative estimate of drug-likeness (QED) is 0.289. The molecule has 20 heavy (non-hydrogen) atoms. The number of ether oxygens (including phenoxy) is 4. The molecule has 0 saturated heterocycles. The van der Waals surface area contributed by atoms with Gasteiger partial charge < -0.3 is 18.9 Å². The summed E-state index contributed by atoms with van der Waals surface area (Å²) >= 11 is 5.50. The normalized spacial score (nSPS) is 10.8. The standard InChI is InChI=1S/C13H19BrINO4/c1-2-17-5-6-18-7-8-19-9-10-20-13-11(15)3-4-12(14)16-13/h3-4H,2,5-10H2,1H3. The molecule has 7 heteroatoms. The van der Waals surface area contributed by atoms with Crippen LogP contribution in [0.3, 0.4) is 0 Å². The van der Waals surface area contributed by atoms with E-state index in [1.54, 1.807) is 0 Å². The molecule has 0 aromatic carbocycles. The van der Waals surface area contributed by atoms with E-state index < -0.39 is 0 Å². The molecule has 1 heterocycles. The van der Waals surface area contributed by atoms with Gasteiger partial charge in [0.15, 0.2) is 0 Å². The Morgan fingerprint density at radius 3 is 2.25 bits per heavy atom. The van der Waals surface area contributed by atoms with Crippen molar-refractivity contribution < 1.29 is 18.9 Å². The van der Waals surface area contributed by atoms with E-state index in [9.17, 15) is 0 Å². The summed E-state index contributed by atoms with van der Waals surface area (Å²) in [5, 5.41) is 0. The molecule has 0 saturated carbocycles. The summed E-state index contributed by atoms with van der Waals surface area (Å²) in [5.74, 6) is 0.622. The number of hydrogen-bond donors (Lipinski definition) is 0. The average Bonchev–Trinajstić information content (AvgIpc) is 2.44. The Morgan fingerprint density at radius 2 is 1.60 bits per heavy atom. The molecular formula is C13H19BrINO4. The van der Waals surface area contributed by atoms with E-state index in [1.807, 2.05) is 19.1 Å². The third kappa shape index (κ3) is 8.35. The first-order valence-corrected chi connectivity index (χ1v) is 8.29. The van der Waals surface area contributed by atoms with E-state index in [-0.39, 0.29) is 0 Å².